The third-order valence-electron chi connectivity index (χ3n) is 5.26. The highest BCUT2D eigenvalue weighted by atomic mass is 16.3. The van der Waals surface area contributed by atoms with Gasteiger partial charge >= 0.3 is 0 Å². The molecule has 2 aromatic rings. The molecule has 0 radical (unpaired) electrons. The minimum Gasteiger partial charge on any atom is -0.469 e. The van der Waals surface area contributed by atoms with Crippen LogP contribution in [0.5, 0.6) is 0 Å². The van der Waals surface area contributed by atoms with E-state index in [9.17, 15) is 15.3 Å². The van der Waals surface area contributed by atoms with Gasteiger partial charge in [-0.25, -0.2) is 0 Å². The molecule has 1 saturated heterocycles. The summed E-state index contributed by atoms with van der Waals surface area (Å²) >= 11 is 0. The maximum atomic E-state index is 12.3. The molecular weight excluding hydrogens is 316 g/mol. The largest absolute Gasteiger partial charge is 0.469 e. The Morgan fingerprint density at radius 1 is 1.20 bits per heavy atom. The van der Waals surface area contributed by atoms with Crippen molar-refractivity contribution >= 4 is 12.0 Å². The number of nitrogens with zero attached hydrogens (tertiary/aromatic N) is 2. The number of furan rings is 1. The van der Waals surface area contributed by atoms with E-state index in [1.807, 2.05) is 36.5 Å². The maximum absolute atomic E-state index is 12.3. The first kappa shape index (κ1) is 15.2. The molecule has 1 fully saturated rings. The average Bonchev–Trinajstić information content (AvgIpc) is 3.25. The minimum absolute atomic E-state index is 0.430. The molecule has 1 amide bonds. The Morgan fingerprint density at radius 3 is 2.60 bits per heavy atom. The first-order valence-electron chi connectivity index (χ1n) is 7.93. The molecule has 4 rings (SSSR count). The van der Waals surface area contributed by atoms with E-state index in [0.29, 0.717) is 10.7 Å². The van der Waals surface area contributed by atoms with E-state index in [1.165, 1.54) is 6.26 Å². The number of carbonyl (C=O) groups is 1. The molecule has 0 bridgehead atoms. The van der Waals surface area contributed by atoms with Crippen LogP contribution >= 0.6 is 0 Å². The zero-order chi connectivity index (χ0) is 17.6. The summed E-state index contributed by atoms with van der Waals surface area (Å²) < 4.78 is 5.50. The fourth-order valence-corrected chi connectivity index (χ4v) is 4.29. The lowest BCUT2D eigenvalue weighted by Gasteiger charge is -2.29. The van der Waals surface area contributed by atoms with Crippen LogP contribution in [0.1, 0.15) is 28.8 Å². The summed E-state index contributed by atoms with van der Waals surface area (Å²) in [6.45, 7) is 0. The molecule has 25 heavy (non-hydrogen) atoms. The second kappa shape index (κ2) is 5.34. The van der Waals surface area contributed by atoms with Gasteiger partial charge in [0.1, 0.15) is 11.7 Å². The lowest BCUT2D eigenvalue weighted by Crippen LogP contribution is -3.12. The molecule has 6 heteroatoms. The normalized spacial score (nSPS) is 28.4. The molecule has 3 N–H and O–H groups in total. The van der Waals surface area contributed by atoms with Crippen LogP contribution in [0.2, 0.25) is 0 Å². The molecule has 1 unspecified atom stereocenters. The highest BCUT2D eigenvalue weighted by Gasteiger charge is 2.68. The van der Waals surface area contributed by atoms with Gasteiger partial charge in [0.2, 0.25) is 5.41 Å². The second-order valence-corrected chi connectivity index (χ2v) is 6.36. The van der Waals surface area contributed by atoms with Crippen LogP contribution in [0, 0.1) is 28.1 Å². The minimum atomic E-state index is -1.46. The summed E-state index contributed by atoms with van der Waals surface area (Å²) in [4.78, 5) is 13.0. The molecule has 1 aromatic heterocycles. The van der Waals surface area contributed by atoms with E-state index in [-0.39, 0.29) is 0 Å². The molecule has 3 heterocycles. The number of rotatable bonds is 2. The van der Waals surface area contributed by atoms with Gasteiger partial charge in [-0.15, -0.1) is 0 Å². The van der Waals surface area contributed by atoms with Crippen molar-refractivity contribution in [2.75, 3.05) is 0 Å². The Labute approximate surface area is 144 Å². The van der Waals surface area contributed by atoms with Crippen molar-refractivity contribution in [3.8, 4) is 12.1 Å². The molecule has 0 spiro atoms. The highest BCUT2D eigenvalue weighted by molar-refractivity contribution is 5.81. The number of fused-ring (bicyclic) bond motifs is 3. The summed E-state index contributed by atoms with van der Waals surface area (Å²) in [5.41, 5.74) is 6.04. The summed E-state index contributed by atoms with van der Waals surface area (Å²) in [7, 11) is 0. The van der Waals surface area contributed by atoms with Crippen molar-refractivity contribution < 1.29 is 14.1 Å². The molecule has 2 aliphatic rings. The van der Waals surface area contributed by atoms with Crippen LogP contribution in [-0.2, 0) is 4.79 Å². The summed E-state index contributed by atoms with van der Waals surface area (Å²) in [6.07, 6.45) is 5.21. The standard InChI is InChI=1S/C19H14N4O2/c20-10-19(11-21)15(14-6-3-9-25-14)16(18(22)24)23-8-7-12-4-1-2-5-13(12)17(19)23/h1-9,15-17H,(H2,22,24)/p+1/t15-,16+,17+/m1/s1. The SMILES string of the molecule is N#CC1(C#N)[C@H](c2ccco2)[C@@H](C(N)=O)[NH+]2C=Cc3ccccc3[C@H]21. The Bertz CT molecular complexity index is 935. The fraction of sp³-hybridized carbons (Fsp3) is 0.211. The second-order valence-electron chi connectivity index (χ2n) is 6.36. The van der Waals surface area contributed by atoms with Gasteiger partial charge in [0.25, 0.3) is 5.91 Å². The summed E-state index contributed by atoms with van der Waals surface area (Å²) in [5, 5.41) is 20.1. The monoisotopic (exact) mass is 331 g/mol. The predicted molar refractivity (Wildman–Crippen MR) is 87.3 cm³/mol. The van der Waals surface area contributed by atoms with Gasteiger partial charge in [0.15, 0.2) is 12.1 Å². The Balaban J connectivity index is 2.02. The molecule has 0 aliphatic carbocycles. The number of hydrogen-bond donors (Lipinski definition) is 2. The van der Waals surface area contributed by atoms with E-state index < -0.39 is 29.3 Å². The van der Waals surface area contributed by atoms with Crippen molar-refractivity contribution in [2.45, 2.75) is 18.0 Å². The number of nitrogens with one attached hydrogen (secondary N) is 1. The third kappa shape index (κ3) is 1.89. The van der Waals surface area contributed by atoms with Crippen molar-refractivity contribution in [1.82, 2.24) is 0 Å². The molecule has 4 atom stereocenters. The Kier molecular flexibility index (Phi) is 3.24. The number of benzene rings is 1. The Hall–Kier alpha value is -3.35. The van der Waals surface area contributed by atoms with Crippen molar-refractivity contribution in [1.29, 1.82) is 10.5 Å². The zero-order valence-corrected chi connectivity index (χ0v) is 13.2. The van der Waals surface area contributed by atoms with Gasteiger partial charge in [-0.05, 0) is 23.8 Å². The quantitative estimate of drug-likeness (QED) is 0.851. The topological polar surface area (TPSA) is 108 Å². The maximum Gasteiger partial charge on any atom is 0.277 e. The molecular formula is C19H15N4O2+. The number of primary amides is 1. The first-order chi connectivity index (χ1) is 12.1. The fourth-order valence-electron chi connectivity index (χ4n) is 4.29. The van der Waals surface area contributed by atoms with E-state index in [0.717, 1.165) is 11.1 Å². The number of carbonyl (C=O) groups excluding carboxylic acids is 1. The zero-order valence-electron chi connectivity index (χ0n) is 13.2. The number of hydrogen-bond acceptors (Lipinski definition) is 4. The van der Waals surface area contributed by atoms with Crippen LogP contribution in [0.15, 0.2) is 53.3 Å². The van der Waals surface area contributed by atoms with E-state index in [4.69, 9.17) is 10.2 Å². The van der Waals surface area contributed by atoms with Crippen LogP contribution in [0.25, 0.3) is 6.08 Å². The molecule has 1 aromatic carbocycles. The van der Waals surface area contributed by atoms with Crippen molar-refractivity contribution in [2.24, 2.45) is 11.1 Å². The number of amides is 1. The van der Waals surface area contributed by atoms with Gasteiger partial charge in [-0.3, -0.25) is 9.69 Å². The molecule has 6 nitrogen and oxygen atoms in total. The smallest absolute Gasteiger partial charge is 0.277 e. The van der Waals surface area contributed by atoms with Gasteiger partial charge < -0.3 is 10.2 Å². The van der Waals surface area contributed by atoms with E-state index in [1.54, 1.807) is 12.1 Å². The van der Waals surface area contributed by atoms with Gasteiger partial charge in [-0.2, -0.15) is 10.5 Å². The highest BCUT2D eigenvalue weighted by Crippen LogP contribution is 2.51. The summed E-state index contributed by atoms with van der Waals surface area (Å²) in [5.74, 6) is -0.872. The van der Waals surface area contributed by atoms with Gasteiger partial charge in [0, 0.05) is 5.56 Å². The average molecular weight is 331 g/mol. The van der Waals surface area contributed by atoms with Crippen molar-refractivity contribution in [3.63, 3.8) is 0 Å². The first-order valence-corrected chi connectivity index (χ1v) is 7.93. The lowest BCUT2D eigenvalue weighted by atomic mass is 9.69. The molecule has 122 valence electrons. The van der Waals surface area contributed by atoms with Crippen LogP contribution in [0.3, 0.4) is 0 Å². The number of quaternary nitrogens is 1. The van der Waals surface area contributed by atoms with Crippen molar-refractivity contribution in [3.05, 3.63) is 65.7 Å². The predicted octanol–water partition coefficient (Wildman–Crippen LogP) is 0.875. The number of nitriles is 2. The third-order valence-corrected chi connectivity index (χ3v) is 5.26. The number of nitrogens with two attached hydrogens (primary N) is 1. The molecule has 0 saturated carbocycles. The lowest BCUT2D eigenvalue weighted by molar-refractivity contribution is -0.885. The Morgan fingerprint density at radius 2 is 1.96 bits per heavy atom. The van der Waals surface area contributed by atoms with Gasteiger partial charge in [0.05, 0.1) is 24.6 Å². The van der Waals surface area contributed by atoms with Gasteiger partial charge in [-0.1, -0.05) is 24.3 Å². The van der Waals surface area contributed by atoms with E-state index in [2.05, 4.69) is 12.1 Å². The molecule has 2 aliphatic heterocycles. The van der Waals surface area contributed by atoms with Crippen LogP contribution in [-0.4, -0.2) is 11.9 Å². The summed E-state index contributed by atoms with van der Waals surface area (Å²) in [6, 6.07) is 14.1. The van der Waals surface area contributed by atoms with Crippen LogP contribution in [0.4, 0.5) is 0 Å². The van der Waals surface area contributed by atoms with E-state index >= 15 is 0 Å². The van der Waals surface area contributed by atoms with Crippen LogP contribution < -0.4 is 10.6 Å².